The van der Waals surface area contributed by atoms with Crippen LogP contribution in [0.2, 0.25) is 0 Å². The Morgan fingerprint density at radius 1 is 1.38 bits per heavy atom. The van der Waals surface area contributed by atoms with Gasteiger partial charge in [-0.1, -0.05) is 0 Å². The second kappa shape index (κ2) is 8.31. The van der Waals surface area contributed by atoms with Crippen LogP contribution in [0.4, 0.5) is 0 Å². The summed E-state index contributed by atoms with van der Waals surface area (Å²) in [6, 6.07) is 8.75. The minimum absolute atomic E-state index is 0.0774. The summed E-state index contributed by atoms with van der Waals surface area (Å²) in [6.45, 7) is 3.42. The summed E-state index contributed by atoms with van der Waals surface area (Å²) in [4.78, 5) is 25.1. The van der Waals surface area contributed by atoms with Crippen LogP contribution >= 0.6 is 0 Å². The molecule has 1 heterocycles. The Morgan fingerprint density at radius 2 is 2.00 bits per heavy atom. The van der Waals surface area contributed by atoms with E-state index in [9.17, 15) is 9.59 Å². The Labute approximate surface area is 141 Å². The highest BCUT2D eigenvalue weighted by Crippen LogP contribution is 2.14. The number of primary amides is 1. The number of nitriles is 1. The molecule has 0 bridgehead atoms. The maximum atomic E-state index is 12.2. The van der Waals surface area contributed by atoms with Gasteiger partial charge in [0.15, 0.2) is 6.10 Å². The molecule has 0 aromatic heterocycles. The molecule has 0 saturated carbocycles. The summed E-state index contributed by atoms with van der Waals surface area (Å²) >= 11 is 0. The van der Waals surface area contributed by atoms with Gasteiger partial charge in [0.05, 0.1) is 18.2 Å². The maximum Gasteiger partial charge on any atom is 0.260 e. The minimum atomic E-state index is -0.624. The predicted molar refractivity (Wildman–Crippen MR) is 88.0 cm³/mol. The van der Waals surface area contributed by atoms with Gasteiger partial charge in [-0.3, -0.25) is 14.5 Å². The molecule has 3 N–H and O–H groups in total. The molecular weight excluding hydrogens is 308 g/mol. The molecule has 24 heavy (non-hydrogen) atoms. The molecule has 1 unspecified atom stereocenters. The van der Waals surface area contributed by atoms with Crippen molar-refractivity contribution in [3.05, 3.63) is 29.8 Å². The zero-order valence-electron chi connectivity index (χ0n) is 13.7. The molecule has 0 spiro atoms. The molecule has 2 rings (SSSR count). The van der Waals surface area contributed by atoms with Gasteiger partial charge in [0.25, 0.3) is 5.91 Å². The second-order valence-corrected chi connectivity index (χ2v) is 5.92. The number of benzene rings is 1. The zero-order valence-corrected chi connectivity index (χ0v) is 13.7. The third kappa shape index (κ3) is 5.25. The van der Waals surface area contributed by atoms with Crippen LogP contribution in [-0.4, -0.2) is 48.5 Å². The number of carbonyl (C=O) groups excluding carboxylic acids is 2. The number of rotatable bonds is 6. The average Bonchev–Trinajstić information content (AvgIpc) is 2.56. The molecule has 7 nitrogen and oxygen atoms in total. The number of carbonyl (C=O) groups is 2. The first kappa shape index (κ1) is 17.8. The highest BCUT2D eigenvalue weighted by atomic mass is 16.5. The number of nitrogens with two attached hydrogens (primary N) is 1. The third-order valence-corrected chi connectivity index (χ3v) is 3.98. The lowest BCUT2D eigenvalue weighted by Crippen LogP contribution is -2.49. The van der Waals surface area contributed by atoms with Crippen molar-refractivity contribution >= 4 is 11.8 Å². The molecule has 1 aliphatic rings. The van der Waals surface area contributed by atoms with Crippen molar-refractivity contribution in [1.82, 2.24) is 10.2 Å². The smallest absolute Gasteiger partial charge is 0.260 e. The molecule has 1 aliphatic heterocycles. The van der Waals surface area contributed by atoms with Crippen LogP contribution in [0.1, 0.15) is 25.3 Å². The van der Waals surface area contributed by atoms with E-state index in [2.05, 4.69) is 5.32 Å². The van der Waals surface area contributed by atoms with Gasteiger partial charge in [-0.15, -0.1) is 0 Å². The molecule has 0 aliphatic carbocycles. The van der Waals surface area contributed by atoms with Gasteiger partial charge in [-0.2, -0.15) is 5.26 Å². The Morgan fingerprint density at radius 3 is 2.54 bits per heavy atom. The van der Waals surface area contributed by atoms with Crippen LogP contribution in [-0.2, 0) is 9.59 Å². The van der Waals surface area contributed by atoms with E-state index < -0.39 is 6.10 Å². The van der Waals surface area contributed by atoms with Crippen LogP contribution in [0.5, 0.6) is 5.75 Å². The van der Waals surface area contributed by atoms with Crippen LogP contribution < -0.4 is 15.8 Å². The van der Waals surface area contributed by atoms with Crippen molar-refractivity contribution in [3.8, 4) is 11.8 Å². The average molecular weight is 330 g/mol. The first-order valence-electron chi connectivity index (χ1n) is 7.96. The zero-order chi connectivity index (χ0) is 17.5. The molecule has 7 heteroatoms. The molecule has 1 fully saturated rings. The van der Waals surface area contributed by atoms with Gasteiger partial charge in [-0.25, -0.2) is 0 Å². The fourth-order valence-corrected chi connectivity index (χ4v) is 2.64. The highest BCUT2D eigenvalue weighted by molar-refractivity contribution is 5.81. The van der Waals surface area contributed by atoms with E-state index in [1.165, 1.54) is 0 Å². The number of nitrogens with zero attached hydrogens (tertiary/aromatic N) is 2. The molecule has 0 radical (unpaired) electrons. The summed E-state index contributed by atoms with van der Waals surface area (Å²) in [5.41, 5.74) is 5.73. The largest absolute Gasteiger partial charge is 0.481 e. The Hall–Kier alpha value is -2.59. The van der Waals surface area contributed by atoms with Gasteiger partial charge in [0.2, 0.25) is 5.91 Å². The molecule has 1 aromatic carbocycles. The van der Waals surface area contributed by atoms with Gasteiger partial charge in [0, 0.05) is 19.1 Å². The first-order chi connectivity index (χ1) is 11.5. The summed E-state index contributed by atoms with van der Waals surface area (Å²) in [6.07, 6.45) is 0.937. The fraction of sp³-hybridized carbons (Fsp3) is 0.471. The summed E-state index contributed by atoms with van der Waals surface area (Å²) < 4.78 is 5.60. The maximum absolute atomic E-state index is 12.2. The van der Waals surface area contributed by atoms with Gasteiger partial charge in [0.1, 0.15) is 5.75 Å². The van der Waals surface area contributed by atoms with Crippen molar-refractivity contribution in [2.75, 3.05) is 19.6 Å². The molecular formula is C17H22N4O3. The lowest BCUT2D eigenvalue weighted by molar-refractivity contribution is -0.128. The Balaban J connectivity index is 1.77. The predicted octanol–water partition coefficient (Wildman–Crippen LogP) is 0.391. The summed E-state index contributed by atoms with van der Waals surface area (Å²) in [7, 11) is 0. The van der Waals surface area contributed by atoms with Crippen LogP contribution in [0, 0.1) is 11.3 Å². The van der Waals surface area contributed by atoms with Crippen molar-refractivity contribution in [2.24, 2.45) is 5.73 Å². The van der Waals surface area contributed by atoms with Crippen LogP contribution in [0.25, 0.3) is 0 Å². The molecule has 1 saturated heterocycles. The van der Waals surface area contributed by atoms with Gasteiger partial charge >= 0.3 is 0 Å². The third-order valence-electron chi connectivity index (χ3n) is 3.98. The van der Waals surface area contributed by atoms with E-state index in [-0.39, 0.29) is 24.4 Å². The Bertz CT molecular complexity index is 616. The van der Waals surface area contributed by atoms with Crippen LogP contribution in [0.15, 0.2) is 24.3 Å². The number of hydrogen-bond donors (Lipinski definition) is 2. The number of hydrogen-bond acceptors (Lipinski definition) is 5. The van der Waals surface area contributed by atoms with E-state index >= 15 is 0 Å². The monoisotopic (exact) mass is 330 g/mol. The molecule has 2 amide bonds. The normalized spacial score (nSPS) is 16.8. The minimum Gasteiger partial charge on any atom is -0.481 e. The quantitative estimate of drug-likeness (QED) is 0.784. The lowest BCUT2D eigenvalue weighted by Gasteiger charge is -2.32. The molecule has 1 aromatic rings. The molecule has 128 valence electrons. The number of nitrogens with one attached hydrogen (secondary N) is 1. The van der Waals surface area contributed by atoms with Gasteiger partial charge in [-0.05, 0) is 44.0 Å². The second-order valence-electron chi connectivity index (χ2n) is 5.92. The van der Waals surface area contributed by atoms with Crippen molar-refractivity contribution < 1.29 is 14.3 Å². The Kier molecular flexibility index (Phi) is 6.15. The SMILES string of the molecule is CC(Oc1ccc(C#N)cc1)C(=O)NC1CCN(CC(N)=O)CC1. The molecule has 1 atom stereocenters. The number of likely N-dealkylation sites (tertiary alicyclic amines) is 1. The van der Waals surface area contributed by atoms with E-state index in [0.717, 1.165) is 25.9 Å². The standard InChI is InChI=1S/C17H22N4O3/c1-12(24-15-4-2-13(10-18)3-5-15)17(23)20-14-6-8-21(9-7-14)11-16(19)22/h2-5,12,14H,6-9,11H2,1H3,(H2,19,22)(H,20,23). The van der Waals surface area contributed by atoms with Crippen molar-refractivity contribution in [3.63, 3.8) is 0 Å². The number of piperidine rings is 1. The summed E-state index contributed by atoms with van der Waals surface area (Å²) in [5, 5.41) is 11.7. The van der Waals surface area contributed by atoms with Gasteiger partial charge < -0.3 is 15.8 Å². The van der Waals surface area contributed by atoms with Crippen molar-refractivity contribution in [1.29, 1.82) is 5.26 Å². The number of ether oxygens (including phenoxy) is 1. The van der Waals surface area contributed by atoms with E-state index in [0.29, 0.717) is 11.3 Å². The van der Waals surface area contributed by atoms with E-state index in [4.69, 9.17) is 15.7 Å². The van der Waals surface area contributed by atoms with E-state index in [1.54, 1.807) is 31.2 Å². The van der Waals surface area contributed by atoms with Crippen molar-refractivity contribution in [2.45, 2.75) is 31.9 Å². The van der Waals surface area contributed by atoms with Crippen LogP contribution in [0.3, 0.4) is 0 Å². The van der Waals surface area contributed by atoms with E-state index in [1.807, 2.05) is 11.0 Å². The fourth-order valence-electron chi connectivity index (χ4n) is 2.64. The highest BCUT2D eigenvalue weighted by Gasteiger charge is 2.24. The lowest BCUT2D eigenvalue weighted by atomic mass is 10.0. The number of amides is 2. The first-order valence-corrected chi connectivity index (χ1v) is 7.96. The topological polar surface area (TPSA) is 108 Å². The summed E-state index contributed by atoms with van der Waals surface area (Å²) in [5.74, 6) is 0.0440.